The second-order valence-corrected chi connectivity index (χ2v) is 5.45. The molecule has 8 nitrogen and oxygen atoms in total. The minimum Gasteiger partial charge on any atom is -0.300 e. The minimum atomic E-state index is -3.89. The van der Waals surface area contributed by atoms with Crippen LogP contribution in [0.3, 0.4) is 0 Å². The predicted molar refractivity (Wildman–Crippen MR) is 66.6 cm³/mol. The Balaban J connectivity index is 2.26. The third-order valence-corrected chi connectivity index (χ3v) is 3.62. The quantitative estimate of drug-likeness (QED) is 0.697. The van der Waals surface area contributed by atoms with Gasteiger partial charge in [0.05, 0.1) is 17.3 Å². The smallest absolute Gasteiger partial charge is 0.273 e. The lowest BCUT2D eigenvalue weighted by atomic mass is 10.2. The van der Waals surface area contributed by atoms with E-state index in [0.29, 0.717) is 11.4 Å². The standard InChI is InChI=1S/C10H10N6O2S/c1-15-9(13-14-10(15)19(11,17)18)7-6-12-16-5-3-2-4-8(7)16/h2-6H,1H3,(H2,11,17,18). The van der Waals surface area contributed by atoms with Gasteiger partial charge in [0.25, 0.3) is 15.2 Å². The zero-order chi connectivity index (χ0) is 13.6. The molecule has 3 rings (SSSR count). The van der Waals surface area contributed by atoms with Crippen molar-refractivity contribution in [3.05, 3.63) is 30.6 Å². The molecule has 0 bridgehead atoms. The normalized spacial score (nSPS) is 12.1. The lowest BCUT2D eigenvalue weighted by Crippen LogP contribution is -2.17. The van der Waals surface area contributed by atoms with E-state index in [1.807, 2.05) is 18.2 Å². The van der Waals surface area contributed by atoms with E-state index in [2.05, 4.69) is 15.3 Å². The lowest BCUT2D eigenvalue weighted by molar-refractivity contribution is 0.580. The summed E-state index contributed by atoms with van der Waals surface area (Å²) in [6.07, 6.45) is 3.39. The molecule has 3 aromatic heterocycles. The molecular formula is C10H10N6O2S. The van der Waals surface area contributed by atoms with Crippen molar-refractivity contribution in [1.82, 2.24) is 24.4 Å². The molecule has 0 aliphatic heterocycles. The third-order valence-electron chi connectivity index (χ3n) is 2.76. The highest BCUT2D eigenvalue weighted by atomic mass is 32.2. The number of hydrogen-bond acceptors (Lipinski definition) is 5. The molecule has 0 fully saturated rings. The molecule has 0 aromatic carbocycles. The highest BCUT2D eigenvalue weighted by Gasteiger charge is 2.21. The summed E-state index contributed by atoms with van der Waals surface area (Å²) in [5, 5.41) is 16.4. The van der Waals surface area contributed by atoms with Gasteiger partial charge in [0, 0.05) is 13.2 Å². The first-order valence-corrected chi connectivity index (χ1v) is 6.88. The van der Waals surface area contributed by atoms with Crippen molar-refractivity contribution in [2.45, 2.75) is 5.16 Å². The van der Waals surface area contributed by atoms with E-state index in [-0.39, 0.29) is 5.16 Å². The van der Waals surface area contributed by atoms with Crippen LogP contribution in [0.4, 0.5) is 0 Å². The van der Waals surface area contributed by atoms with Gasteiger partial charge in [-0.1, -0.05) is 6.07 Å². The van der Waals surface area contributed by atoms with Crippen molar-refractivity contribution in [2.24, 2.45) is 12.2 Å². The Morgan fingerprint density at radius 2 is 2.05 bits per heavy atom. The summed E-state index contributed by atoms with van der Waals surface area (Å²) in [7, 11) is -2.35. The third kappa shape index (κ3) is 1.79. The Kier molecular flexibility index (Phi) is 2.40. The number of nitrogens with zero attached hydrogens (tertiary/aromatic N) is 5. The Hall–Kier alpha value is -2.26. The first-order chi connectivity index (χ1) is 8.98. The number of primary sulfonamides is 1. The van der Waals surface area contributed by atoms with Crippen LogP contribution in [0.25, 0.3) is 16.9 Å². The number of aromatic nitrogens is 5. The largest absolute Gasteiger partial charge is 0.300 e. The summed E-state index contributed by atoms with van der Waals surface area (Å²) in [6.45, 7) is 0. The minimum absolute atomic E-state index is 0.280. The molecular weight excluding hydrogens is 268 g/mol. The van der Waals surface area contributed by atoms with Gasteiger partial charge < -0.3 is 0 Å². The number of sulfonamides is 1. The van der Waals surface area contributed by atoms with Crippen LogP contribution in [0.15, 0.2) is 35.7 Å². The van der Waals surface area contributed by atoms with Crippen LogP contribution in [0.2, 0.25) is 0 Å². The van der Waals surface area contributed by atoms with E-state index < -0.39 is 10.0 Å². The molecule has 0 aliphatic carbocycles. The molecule has 0 atom stereocenters. The molecule has 0 radical (unpaired) electrons. The number of fused-ring (bicyclic) bond motifs is 1. The fraction of sp³-hybridized carbons (Fsp3) is 0.100. The van der Waals surface area contributed by atoms with Crippen molar-refractivity contribution in [1.29, 1.82) is 0 Å². The van der Waals surface area contributed by atoms with Crippen LogP contribution in [-0.4, -0.2) is 32.8 Å². The van der Waals surface area contributed by atoms with Gasteiger partial charge in [-0.05, 0) is 12.1 Å². The van der Waals surface area contributed by atoms with Crippen molar-refractivity contribution in [3.63, 3.8) is 0 Å². The molecule has 0 saturated heterocycles. The summed E-state index contributed by atoms with van der Waals surface area (Å²) in [5.41, 5.74) is 1.49. The monoisotopic (exact) mass is 278 g/mol. The lowest BCUT2D eigenvalue weighted by Gasteiger charge is -2.00. The highest BCUT2D eigenvalue weighted by Crippen LogP contribution is 2.23. The molecule has 0 aliphatic rings. The van der Waals surface area contributed by atoms with E-state index in [1.54, 1.807) is 24.0 Å². The number of rotatable bonds is 2. The summed E-state index contributed by atoms with van der Waals surface area (Å²) < 4.78 is 25.7. The van der Waals surface area contributed by atoms with Gasteiger partial charge in [0.1, 0.15) is 0 Å². The van der Waals surface area contributed by atoms with Gasteiger partial charge in [0.2, 0.25) is 0 Å². The summed E-state index contributed by atoms with van der Waals surface area (Å²) in [6, 6.07) is 5.56. The fourth-order valence-electron chi connectivity index (χ4n) is 1.90. The first kappa shape index (κ1) is 11.8. The molecule has 9 heteroatoms. The fourth-order valence-corrected chi connectivity index (χ4v) is 2.53. The van der Waals surface area contributed by atoms with E-state index >= 15 is 0 Å². The van der Waals surface area contributed by atoms with Crippen LogP contribution < -0.4 is 5.14 Å². The van der Waals surface area contributed by atoms with Gasteiger partial charge in [-0.25, -0.2) is 18.1 Å². The average molecular weight is 278 g/mol. The number of pyridine rings is 1. The van der Waals surface area contributed by atoms with E-state index in [1.165, 1.54) is 4.57 Å². The highest BCUT2D eigenvalue weighted by molar-refractivity contribution is 7.89. The topological polar surface area (TPSA) is 108 Å². The summed E-state index contributed by atoms with van der Waals surface area (Å²) >= 11 is 0. The maximum absolute atomic E-state index is 11.3. The van der Waals surface area contributed by atoms with E-state index in [0.717, 1.165) is 5.52 Å². The van der Waals surface area contributed by atoms with Crippen molar-refractivity contribution >= 4 is 15.5 Å². The zero-order valence-corrected chi connectivity index (χ0v) is 10.7. The van der Waals surface area contributed by atoms with Gasteiger partial charge in [-0.15, -0.1) is 10.2 Å². The Labute approximate surface area is 108 Å². The van der Waals surface area contributed by atoms with Crippen LogP contribution in [-0.2, 0) is 17.1 Å². The van der Waals surface area contributed by atoms with Crippen LogP contribution in [0, 0.1) is 0 Å². The van der Waals surface area contributed by atoms with Crippen LogP contribution >= 0.6 is 0 Å². The second-order valence-electron chi connectivity index (χ2n) is 4.00. The van der Waals surface area contributed by atoms with Crippen LogP contribution in [0.1, 0.15) is 0 Å². The van der Waals surface area contributed by atoms with Crippen LogP contribution in [0.5, 0.6) is 0 Å². The van der Waals surface area contributed by atoms with E-state index in [4.69, 9.17) is 5.14 Å². The van der Waals surface area contributed by atoms with Crippen molar-refractivity contribution in [3.8, 4) is 11.4 Å². The van der Waals surface area contributed by atoms with Gasteiger partial charge in [-0.2, -0.15) is 5.10 Å². The molecule has 2 N–H and O–H groups in total. The summed E-state index contributed by atoms with van der Waals surface area (Å²) in [4.78, 5) is 0. The maximum atomic E-state index is 11.3. The molecule has 0 unspecified atom stereocenters. The van der Waals surface area contributed by atoms with Gasteiger partial charge in [-0.3, -0.25) is 4.57 Å². The maximum Gasteiger partial charge on any atom is 0.273 e. The molecule has 98 valence electrons. The Bertz CT molecular complexity index is 863. The predicted octanol–water partition coefficient (Wildman–Crippen LogP) is -0.223. The average Bonchev–Trinajstić information content (AvgIpc) is 2.91. The number of nitrogens with two attached hydrogens (primary N) is 1. The molecule has 3 heterocycles. The SMILES string of the molecule is Cn1c(-c2cnn3ccccc23)nnc1S(N)(=O)=O. The second kappa shape index (κ2) is 3.87. The zero-order valence-electron chi connectivity index (χ0n) is 9.92. The molecule has 0 spiro atoms. The molecule has 0 amide bonds. The van der Waals surface area contributed by atoms with E-state index in [9.17, 15) is 8.42 Å². The van der Waals surface area contributed by atoms with Gasteiger partial charge in [0.15, 0.2) is 5.82 Å². The van der Waals surface area contributed by atoms with Gasteiger partial charge >= 0.3 is 0 Å². The number of hydrogen-bond donors (Lipinski definition) is 1. The summed E-state index contributed by atoms with van der Waals surface area (Å²) in [5.74, 6) is 0.394. The first-order valence-electron chi connectivity index (χ1n) is 5.33. The Morgan fingerprint density at radius 3 is 2.74 bits per heavy atom. The van der Waals surface area contributed by atoms with Crippen molar-refractivity contribution in [2.75, 3.05) is 0 Å². The molecule has 3 aromatic rings. The Morgan fingerprint density at radius 1 is 1.26 bits per heavy atom. The molecule has 0 saturated carbocycles. The van der Waals surface area contributed by atoms with Crippen molar-refractivity contribution < 1.29 is 8.42 Å². The molecule has 19 heavy (non-hydrogen) atoms.